The Morgan fingerprint density at radius 1 is 1.18 bits per heavy atom. The Labute approximate surface area is 134 Å². The summed E-state index contributed by atoms with van der Waals surface area (Å²) in [6.45, 7) is 1.90. The molecular formula is C17H18ClNO3. The molecule has 0 aromatic heterocycles. The van der Waals surface area contributed by atoms with Crippen molar-refractivity contribution >= 4 is 17.7 Å². The van der Waals surface area contributed by atoms with Gasteiger partial charge >= 0.3 is 6.09 Å². The molecule has 0 saturated carbocycles. The fourth-order valence-corrected chi connectivity index (χ4v) is 2.10. The number of hydrogen-bond donors (Lipinski definition) is 2. The van der Waals surface area contributed by atoms with Crippen LogP contribution in [0.4, 0.5) is 4.79 Å². The van der Waals surface area contributed by atoms with Crippen LogP contribution in [-0.2, 0) is 11.3 Å². The molecule has 0 radical (unpaired) electrons. The van der Waals surface area contributed by atoms with E-state index in [-0.39, 0.29) is 6.61 Å². The number of aliphatic hydroxyl groups excluding tert-OH is 1. The number of ether oxygens (including phenoxy) is 1. The van der Waals surface area contributed by atoms with Gasteiger partial charge in [0.1, 0.15) is 6.61 Å². The molecule has 1 amide bonds. The fourth-order valence-electron chi connectivity index (χ4n) is 1.98. The van der Waals surface area contributed by atoms with Crippen molar-refractivity contribution in [1.29, 1.82) is 0 Å². The second-order valence-electron chi connectivity index (χ2n) is 4.99. The molecule has 2 aromatic carbocycles. The van der Waals surface area contributed by atoms with Crippen LogP contribution in [0, 0.1) is 0 Å². The molecule has 116 valence electrons. The number of alkyl carbamates (subject to hydrolysis) is 1. The van der Waals surface area contributed by atoms with Crippen LogP contribution < -0.4 is 5.32 Å². The van der Waals surface area contributed by atoms with E-state index < -0.39 is 18.2 Å². The van der Waals surface area contributed by atoms with Gasteiger partial charge in [-0.3, -0.25) is 0 Å². The van der Waals surface area contributed by atoms with Gasteiger partial charge in [-0.25, -0.2) is 4.79 Å². The lowest BCUT2D eigenvalue weighted by Gasteiger charge is -2.20. The highest BCUT2D eigenvalue weighted by Gasteiger charge is 2.19. The van der Waals surface area contributed by atoms with Gasteiger partial charge in [0, 0.05) is 5.02 Å². The summed E-state index contributed by atoms with van der Waals surface area (Å²) in [5.74, 6) is 0. The highest BCUT2D eigenvalue weighted by molar-refractivity contribution is 6.30. The smallest absolute Gasteiger partial charge is 0.407 e. The quantitative estimate of drug-likeness (QED) is 0.883. The second kappa shape index (κ2) is 7.82. The van der Waals surface area contributed by atoms with Crippen molar-refractivity contribution in [2.24, 2.45) is 0 Å². The van der Waals surface area contributed by atoms with Crippen molar-refractivity contribution < 1.29 is 14.6 Å². The number of hydrogen-bond acceptors (Lipinski definition) is 3. The van der Waals surface area contributed by atoms with E-state index in [1.165, 1.54) is 0 Å². The maximum absolute atomic E-state index is 11.8. The number of rotatable bonds is 5. The first-order valence-corrected chi connectivity index (χ1v) is 7.35. The van der Waals surface area contributed by atoms with Crippen LogP contribution in [0.15, 0.2) is 54.6 Å². The molecule has 22 heavy (non-hydrogen) atoms. The van der Waals surface area contributed by atoms with Crippen LogP contribution >= 0.6 is 11.6 Å². The van der Waals surface area contributed by atoms with Gasteiger partial charge in [-0.05, 0) is 30.2 Å². The Bertz CT molecular complexity index is 601. The van der Waals surface area contributed by atoms with Gasteiger partial charge in [-0.15, -0.1) is 0 Å². The summed E-state index contributed by atoms with van der Waals surface area (Å²) in [6.07, 6.45) is -1.40. The van der Waals surface area contributed by atoms with Crippen LogP contribution in [0.1, 0.15) is 24.2 Å². The normalized spacial score (nSPS) is 13.2. The van der Waals surface area contributed by atoms with E-state index in [2.05, 4.69) is 5.32 Å². The number of halogens is 1. The van der Waals surface area contributed by atoms with Gasteiger partial charge in [-0.1, -0.05) is 54.1 Å². The average molecular weight is 320 g/mol. The molecule has 2 rings (SSSR count). The molecule has 4 nitrogen and oxygen atoms in total. The molecule has 2 atom stereocenters. The van der Waals surface area contributed by atoms with Gasteiger partial charge in [0.15, 0.2) is 0 Å². The zero-order chi connectivity index (χ0) is 15.9. The van der Waals surface area contributed by atoms with Gasteiger partial charge in [0.2, 0.25) is 0 Å². The van der Waals surface area contributed by atoms with Crippen LogP contribution in [0.2, 0.25) is 5.02 Å². The largest absolute Gasteiger partial charge is 0.445 e. The highest BCUT2D eigenvalue weighted by Crippen LogP contribution is 2.19. The van der Waals surface area contributed by atoms with Crippen molar-refractivity contribution in [3.63, 3.8) is 0 Å². The number of carbonyl (C=O) groups excluding carboxylic acids is 1. The number of benzene rings is 2. The minimum absolute atomic E-state index is 0.191. The lowest BCUT2D eigenvalue weighted by Crippen LogP contribution is -2.37. The number of amides is 1. The second-order valence-corrected chi connectivity index (χ2v) is 5.43. The zero-order valence-corrected chi connectivity index (χ0v) is 13.0. The van der Waals surface area contributed by atoms with E-state index in [0.717, 1.165) is 5.56 Å². The fraction of sp³-hybridized carbons (Fsp3) is 0.235. The van der Waals surface area contributed by atoms with E-state index in [9.17, 15) is 9.90 Å². The molecule has 0 aliphatic rings. The monoisotopic (exact) mass is 319 g/mol. The van der Waals surface area contributed by atoms with E-state index in [1.54, 1.807) is 31.2 Å². The van der Waals surface area contributed by atoms with E-state index >= 15 is 0 Å². The van der Waals surface area contributed by atoms with Gasteiger partial charge < -0.3 is 15.2 Å². The topological polar surface area (TPSA) is 58.6 Å². The summed E-state index contributed by atoms with van der Waals surface area (Å²) in [6, 6.07) is 15.8. The Morgan fingerprint density at radius 3 is 2.45 bits per heavy atom. The molecular weight excluding hydrogens is 302 g/mol. The summed E-state index contributed by atoms with van der Waals surface area (Å²) < 4.78 is 5.12. The van der Waals surface area contributed by atoms with Crippen LogP contribution in [0.25, 0.3) is 0 Å². The summed E-state index contributed by atoms with van der Waals surface area (Å²) in [4.78, 5) is 11.8. The summed E-state index contributed by atoms with van der Waals surface area (Å²) >= 11 is 5.81. The van der Waals surface area contributed by atoms with Crippen LogP contribution in [-0.4, -0.2) is 17.2 Å². The Morgan fingerprint density at radius 2 is 1.82 bits per heavy atom. The Balaban J connectivity index is 1.84. The molecule has 1 unspecified atom stereocenters. The summed E-state index contributed by atoms with van der Waals surface area (Å²) in [5.41, 5.74) is 1.59. The van der Waals surface area contributed by atoms with Gasteiger partial charge in [-0.2, -0.15) is 0 Å². The predicted molar refractivity (Wildman–Crippen MR) is 85.6 cm³/mol. The Kier molecular flexibility index (Phi) is 5.81. The van der Waals surface area contributed by atoms with Crippen molar-refractivity contribution in [3.05, 3.63) is 70.7 Å². The van der Waals surface area contributed by atoms with Gasteiger partial charge in [0.05, 0.1) is 12.1 Å². The molecule has 2 aromatic rings. The molecule has 0 aliphatic carbocycles. The predicted octanol–water partition coefficient (Wildman–Crippen LogP) is 3.69. The standard InChI is InChI=1S/C17H18ClNO3/c1-12(16(20)14-7-9-15(18)10-8-14)19-17(21)22-11-13-5-3-2-4-6-13/h2-10,12,16,20H,11H2,1H3,(H,19,21)/t12-,16?/m0/s1. The summed E-state index contributed by atoms with van der Waals surface area (Å²) in [5, 5.41) is 13.4. The lowest BCUT2D eigenvalue weighted by molar-refractivity contribution is 0.106. The van der Waals surface area contributed by atoms with Gasteiger partial charge in [0.25, 0.3) is 0 Å². The maximum Gasteiger partial charge on any atom is 0.407 e. The van der Waals surface area contributed by atoms with Crippen molar-refractivity contribution in [2.45, 2.75) is 25.7 Å². The first kappa shape index (κ1) is 16.3. The van der Waals surface area contributed by atoms with E-state index in [4.69, 9.17) is 16.3 Å². The first-order valence-electron chi connectivity index (χ1n) is 6.97. The van der Waals surface area contributed by atoms with Crippen LogP contribution in [0.5, 0.6) is 0 Å². The lowest BCUT2D eigenvalue weighted by atomic mass is 10.0. The van der Waals surface area contributed by atoms with E-state index in [1.807, 2.05) is 30.3 Å². The third kappa shape index (κ3) is 4.76. The third-order valence-electron chi connectivity index (χ3n) is 3.24. The third-order valence-corrected chi connectivity index (χ3v) is 3.50. The molecule has 0 fully saturated rings. The SMILES string of the molecule is C[C@H](NC(=O)OCc1ccccc1)C(O)c1ccc(Cl)cc1. The van der Waals surface area contributed by atoms with Crippen molar-refractivity contribution in [3.8, 4) is 0 Å². The highest BCUT2D eigenvalue weighted by atomic mass is 35.5. The first-order chi connectivity index (χ1) is 10.6. The maximum atomic E-state index is 11.8. The zero-order valence-electron chi connectivity index (χ0n) is 12.2. The van der Waals surface area contributed by atoms with Crippen molar-refractivity contribution in [2.75, 3.05) is 0 Å². The minimum Gasteiger partial charge on any atom is -0.445 e. The minimum atomic E-state index is -0.832. The average Bonchev–Trinajstić information content (AvgIpc) is 2.54. The molecule has 5 heteroatoms. The Hall–Kier alpha value is -2.04. The molecule has 0 aliphatic heterocycles. The molecule has 0 spiro atoms. The molecule has 2 N–H and O–H groups in total. The molecule has 0 saturated heterocycles. The summed E-state index contributed by atoms with van der Waals surface area (Å²) in [7, 11) is 0. The van der Waals surface area contributed by atoms with E-state index in [0.29, 0.717) is 10.6 Å². The number of nitrogens with one attached hydrogen (secondary N) is 1. The molecule has 0 bridgehead atoms. The number of carbonyl (C=O) groups is 1. The molecule has 0 heterocycles. The van der Waals surface area contributed by atoms with Crippen molar-refractivity contribution in [1.82, 2.24) is 5.32 Å². The van der Waals surface area contributed by atoms with Crippen LogP contribution in [0.3, 0.4) is 0 Å². The number of aliphatic hydroxyl groups is 1.